The van der Waals surface area contributed by atoms with Crippen molar-refractivity contribution in [1.29, 1.82) is 0 Å². The molecule has 0 saturated heterocycles. The molecule has 0 saturated carbocycles. The number of nitrogens with two attached hydrogens (primary N) is 1. The zero-order valence-corrected chi connectivity index (χ0v) is 17.6. The number of thiophene rings is 1. The van der Waals surface area contributed by atoms with Crippen molar-refractivity contribution in [1.82, 2.24) is 19.9 Å². The van der Waals surface area contributed by atoms with Gasteiger partial charge in [-0.2, -0.15) is 0 Å². The van der Waals surface area contributed by atoms with E-state index in [0.29, 0.717) is 22.3 Å². The molecule has 9 heteroatoms. The van der Waals surface area contributed by atoms with Gasteiger partial charge in [0.15, 0.2) is 0 Å². The average molecular weight is 426 g/mol. The van der Waals surface area contributed by atoms with Gasteiger partial charge in [-0.1, -0.05) is 0 Å². The molecule has 0 aliphatic heterocycles. The lowest BCUT2D eigenvalue weighted by atomic mass is 10.0. The summed E-state index contributed by atoms with van der Waals surface area (Å²) in [4.78, 5) is 18.0. The predicted octanol–water partition coefficient (Wildman–Crippen LogP) is 3.46. The summed E-state index contributed by atoms with van der Waals surface area (Å²) in [5.74, 6) is 0.386. The maximum atomic E-state index is 12.8. The van der Waals surface area contributed by atoms with Crippen LogP contribution >= 0.6 is 11.3 Å². The molecule has 0 aliphatic carbocycles. The molecule has 0 aromatic carbocycles. The topological polar surface area (TPSA) is 104 Å². The number of pyridine rings is 2. The maximum Gasteiger partial charge on any atom is 0.127 e. The standard InChI is InChI=1S/C20H19N5O2S2/c1-12-7-13(3-4-24-12)15-8-16(14-9-22-11-23-10-14)25-19-17(15)18(21)20(28-19)29(26)6-5-27-2/h3-4,7-11H,5-6,21H2,1-2H3. The lowest BCUT2D eigenvalue weighted by Gasteiger charge is -2.09. The smallest absolute Gasteiger partial charge is 0.127 e. The third-order valence-corrected chi connectivity index (χ3v) is 7.28. The Morgan fingerprint density at radius 3 is 2.72 bits per heavy atom. The molecule has 0 fully saturated rings. The number of anilines is 1. The first-order valence-electron chi connectivity index (χ1n) is 8.87. The van der Waals surface area contributed by atoms with E-state index in [-0.39, 0.29) is 0 Å². The molecule has 4 heterocycles. The van der Waals surface area contributed by atoms with Crippen LogP contribution in [0.1, 0.15) is 5.69 Å². The van der Waals surface area contributed by atoms with Crippen molar-refractivity contribution in [3.05, 3.63) is 48.8 Å². The van der Waals surface area contributed by atoms with Crippen LogP contribution < -0.4 is 5.73 Å². The summed E-state index contributed by atoms with van der Waals surface area (Å²) in [6.07, 6.45) is 6.69. The van der Waals surface area contributed by atoms with E-state index in [9.17, 15) is 4.21 Å². The number of aromatic nitrogens is 4. The van der Waals surface area contributed by atoms with Gasteiger partial charge in [-0.05, 0) is 36.2 Å². The minimum atomic E-state index is -1.26. The van der Waals surface area contributed by atoms with E-state index in [1.54, 1.807) is 25.7 Å². The normalized spacial score (nSPS) is 12.3. The van der Waals surface area contributed by atoms with Crippen LogP contribution in [0.4, 0.5) is 5.69 Å². The van der Waals surface area contributed by atoms with Gasteiger partial charge in [0, 0.05) is 42.3 Å². The van der Waals surface area contributed by atoms with Gasteiger partial charge >= 0.3 is 0 Å². The first-order chi connectivity index (χ1) is 14.1. The van der Waals surface area contributed by atoms with Crippen molar-refractivity contribution < 1.29 is 8.95 Å². The summed E-state index contributed by atoms with van der Waals surface area (Å²) in [6.45, 7) is 2.34. The number of methoxy groups -OCH3 is 1. The van der Waals surface area contributed by atoms with E-state index in [2.05, 4.69) is 15.0 Å². The fraction of sp³-hybridized carbons (Fsp3) is 0.200. The van der Waals surface area contributed by atoms with Crippen LogP contribution in [0.2, 0.25) is 0 Å². The number of hydrogen-bond donors (Lipinski definition) is 1. The Kier molecular flexibility index (Phi) is 5.61. The summed E-state index contributed by atoms with van der Waals surface area (Å²) < 4.78 is 18.4. The van der Waals surface area contributed by atoms with Gasteiger partial charge in [0.2, 0.25) is 0 Å². The van der Waals surface area contributed by atoms with Crippen molar-refractivity contribution in [2.75, 3.05) is 25.2 Å². The third-order valence-electron chi connectivity index (χ3n) is 4.41. The monoisotopic (exact) mass is 425 g/mol. The van der Waals surface area contributed by atoms with Gasteiger partial charge < -0.3 is 10.5 Å². The molecule has 0 spiro atoms. The van der Waals surface area contributed by atoms with Gasteiger partial charge in [0.05, 0.1) is 34.5 Å². The van der Waals surface area contributed by atoms with Crippen LogP contribution in [-0.4, -0.2) is 43.6 Å². The number of nitrogens with zero attached hydrogens (tertiary/aromatic N) is 4. The Balaban J connectivity index is 1.97. The van der Waals surface area contributed by atoms with E-state index in [1.165, 1.54) is 17.7 Å². The summed E-state index contributed by atoms with van der Waals surface area (Å²) in [6, 6.07) is 5.91. The van der Waals surface area contributed by atoms with Crippen LogP contribution in [0.3, 0.4) is 0 Å². The molecule has 0 amide bonds. The molecule has 0 radical (unpaired) electrons. The van der Waals surface area contributed by atoms with Gasteiger partial charge in [0.25, 0.3) is 0 Å². The minimum absolute atomic E-state index is 0.386. The number of rotatable bonds is 6. The van der Waals surface area contributed by atoms with E-state index < -0.39 is 10.8 Å². The van der Waals surface area contributed by atoms with Crippen LogP contribution in [0.25, 0.3) is 32.6 Å². The van der Waals surface area contributed by atoms with Crippen molar-refractivity contribution in [3.8, 4) is 22.4 Å². The Hall–Kier alpha value is -2.75. The molecule has 1 atom stereocenters. The predicted molar refractivity (Wildman–Crippen MR) is 116 cm³/mol. The van der Waals surface area contributed by atoms with Gasteiger partial charge in [-0.15, -0.1) is 11.3 Å². The van der Waals surface area contributed by atoms with Gasteiger partial charge in [-0.25, -0.2) is 15.0 Å². The largest absolute Gasteiger partial charge is 0.396 e. The Labute approximate surface area is 174 Å². The Morgan fingerprint density at radius 1 is 1.21 bits per heavy atom. The van der Waals surface area contributed by atoms with Crippen molar-refractivity contribution in [3.63, 3.8) is 0 Å². The van der Waals surface area contributed by atoms with Crippen molar-refractivity contribution in [2.45, 2.75) is 11.1 Å². The van der Waals surface area contributed by atoms with Crippen molar-refractivity contribution >= 4 is 38.0 Å². The molecule has 1 unspecified atom stereocenters. The minimum Gasteiger partial charge on any atom is -0.396 e. The maximum absolute atomic E-state index is 12.8. The fourth-order valence-electron chi connectivity index (χ4n) is 3.04. The number of fused-ring (bicyclic) bond motifs is 1. The zero-order chi connectivity index (χ0) is 20.4. The molecule has 7 nitrogen and oxygen atoms in total. The summed E-state index contributed by atoms with van der Waals surface area (Å²) in [5.41, 5.74) is 11.3. The SMILES string of the molecule is COCCS(=O)c1sc2nc(-c3cncnc3)cc(-c3ccnc(C)c3)c2c1N. The van der Waals surface area contributed by atoms with E-state index in [0.717, 1.165) is 38.3 Å². The van der Waals surface area contributed by atoms with E-state index in [1.807, 2.05) is 25.1 Å². The quantitative estimate of drug-likeness (QED) is 0.504. The molecule has 4 aromatic heterocycles. The number of aryl methyl sites for hydroxylation is 1. The number of nitrogen functional groups attached to an aromatic ring is 1. The lowest BCUT2D eigenvalue weighted by Crippen LogP contribution is -2.04. The fourth-order valence-corrected chi connectivity index (χ4v) is 5.60. The second kappa shape index (κ2) is 8.32. The van der Waals surface area contributed by atoms with Crippen molar-refractivity contribution in [2.24, 2.45) is 0 Å². The van der Waals surface area contributed by atoms with Crippen LogP contribution in [0.15, 0.2) is 47.3 Å². The highest BCUT2D eigenvalue weighted by Crippen LogP contribution is 2.42. The zero-order valence-electron chi connectivity index (χ0n) is 16.0. The van der Waals surface area contributed by atoms with Crippen LogP contribution in [-0.2, 0) is 15.5 Å². The highest BCUT2D eigenvalue weighted by Gasteiger charge is 2.21. The molecule has 29 heavy (non-hydrogen) atoms. The molecule has 4 rings (SSSR count). The molecular formula is C20H19N5O2S2. The third kappa shape index (κ3) is 3.89. The summed E-state index contributed by atoms with van der Waals surface area (Å²) >= 11 is 1.36. The lowest BCUT2D eigenvalue weighted by molar-refractivity contribution is 0.218. The second-order valence-electron chi connectivity index (χ2n) is 6.39. The van der Waals surface area contributed by atoms with Gasteiger partial charge in [0.1, 0.15) is 15.4 Å². The van der Waals surface area contributed by atoms with Crippen LogP contribution in [0, 0.1) is 6.92 Å². The number of hydrogen-bond acceptors (Lipinski definition) is 8. The Morgan fingerprint density at radius 2 is 2.00 bits per heavy atom. The highest BCUT2D eigenvalue weighted by molar-refractivity contribution is 7.87. The molecule has 4 aromatic rings. The van der Waals surface area contributed by atoms with Gasteiger partial charge in [-0.3, -0.25) is 9.19 Å². The van der Waals surface area contributed by atoms with Crippen LogP contribution in [0.5, 0.6) is 0 Å². The Bertz CT molecular complexity index is 1190. The molecule has 0 bridgehead atoms. The molecule has 2 N–H and O–H groups in total. The summed E-state index contributed by atoms with van der Waals surface area (Å²) in [7, 11) is 0.332. The highest BCUT2D eigenvalue weighted by atomic mass is 32.2. The number of ether oxygens (including phenoxy) is 1. The summed E-state index contributed by atoms with van der Waals surface area (Å²) in [5, 5.41) is 0.807. The first-order valence-corrected chi connectivity index (χ1v) is 11.0. The molecular weight excluding hydrogens is 406 g/mol. The molecule has 148 valence electrons. The average Bonchev–Trinajstić information content (AvgIpc) is 3.08. The second-order valence-corrected chi connectivity index (χ2v) is 9.16. The first kappa shape index (κ1) is 19.6. The molecule has 0 aliphatic rings. The van der Waals surface area contributed by atoms with E-state index in [4.69, 9.17) is 15.5 Å². The van der Waals surface area contributed by atoms with E-state index >= 15 is 0 Å².